The van der Waals surface area contributed by atoms with E-state index in [1.807, 2.05) is 0 Å². The molecule has 6 heteroatoms. The lowest BCUT2D eigenvalue weighted by Crippen LogP contribution is -2.41. The summed E-state index contributed by atoms with van der Waals surface area (Å²) in [6, 6.07) is 15.1. The van der Waals surface area contributed by atoms with Gasteiger partial charge in [0.2, 0.25) is 11.8 Å². The molecule has 0 N–H and O–H groups in total. The van der Waals surface area contributed by atoms with Crippen LogP contribution in [0.5, 0.6) is 0 Å². The van der Waals surface area contributed by atoms with Gasteiger partial charge >= 0.3 is 0 Å². The van der Waals surface area contributed by atoms with Crippen LogP contribution < -0.4 is 4.90 Å². The number of carbonyl (C=O) groups is 2. The minimum absolute atomic E-state index is 0.0375. The largest absolute Gasteiger partial charge is 0.391 e. The van der Waals surface area contributed by atoms with E-state index in [2.05, 4.69) is 36.3 Å². The Labute approximate surface area is 173 Å². The Morgan fingerprint density at radius 2 is 1.59 bits per heavy atom. The summed E-state index contributed by atoms with van der Waals surface area (Å²) < 4.78 is 0. The van der Waals surface area contributed by atoms with E-state index in [4.69, 9.17) is 16.4 Å². The summed E-state index contributed by atoms with van der Waals surface area (Å²) in [5.74, 6) is -0.601. The van der Waals surface area contributed by atoms with Gasteiger partial charge in [-0.3, -0.25) is 14.5 Å². The maximum atomic E-state index is 13.3. The van der Waals surface area contributed by atoms with Gasteiger partial charge in [0.15, 0.2) is 0 Å². The summed E-state index contributed by atoms with van der Waals surface area (Å²) in [6.07, 6.45) is 0.737. The summed E-state index contributed by atoms with van der Waals surface area (Å²) in [5.41, 5.74) is 3.74. The van der Waals surface area contributed by atoms with Crippen molar-refractivity contribution in [1.82, 2.24) is 0 Å². The number of hydrogen-bond donors (Lipinski definition) is 0. The molecule has 4 aliphatic rings. The minimum Gasteiger partial charge on any atom is -0.391 e. The first-order chi connectivity index (χ1) is 14.0. The van der Waals surface area contributed by atoms with Gasteiger partial charge in [-0.25, -0.2) is 0 Å². The van der Waals surface area contributed by atoms with Crippen molar-refractivity contribution >= 4 is 34.8 Å². The van der Waals surface area contributed by atoms with Gasteiger partial charge in [0.1, 0.15) is 6.10 Å². The number of rotatable bonds is 2. The number of anilines is 1. The van der Waals surface area contributed by atoms with Gasteiger partial charge in [-0.2, -0.15) is 0 Å². The molecular weight excluding hydrogens is 388 g/mol. The van der Waals surface area contributed by atoms with E-state index in [1.165, 1.54) is 10.5 Å². The van der Waals surface area contributed by atoms with Crippen LogP contribution in [0, 0.1) is 36.5 Å². The van der Waals surface area contributed by atoms with Crippen molar-refractivity contribution in [1.29, 1.82) is 0 Å². The predicted molar refractivity (Wildman–Crippen MR) is 109 cm³/mol. The van der Waals surface area contributed by atoms with E-state index in [-0.39, 0.29) is 47.5 Å². The molecule has 29 heavy (non-hydrogen) atoms. The van der Waals surface area contributed by atoms with Crippen molar-refractivity contribution in [3.63, 3.8) is 0 Å². The maximum Gasteiger partial charge on any atom is 0.238 e. The summed E-state index contributed by atoms with van der Waals surface area (Å²) in [4.78, 5) is 33.8. The number of halogens is 1. The van der Waals surface area contributed by atoms with Crippen molar-refractivity contribution in [2.45, 2.75) is 19.4 Å². The van der Waals surface area contributed by atoms with Crippen LogP contribution in [0.1, 0.15) is 17.5 Å². The first-order valence-electron chi connectivity index (χ1n) is 9.99. The van der Waals surface area contributed by atoms with Gasteiger partial charge in [0.05, 0.1) is 23.2 Å². The molecule has 2 aliphatic heterocycles. The topological polar surface area (TPSA) is 59.0 Å². The molecule has 0 radical (unpaired) electrons. The molecule has 5 nitrogen and oxygen atoms in total. The molecule has 3 fully saturated rings. The Balaban J connectivity index is 1.35. The van der Waals surface area contributed by atoms with Gasteiger partial charge in [-0.05, 0) is 49.1 Å². The zero-order valence-corrected chi connectivity index (χ0v) is 16.5. The third-order valence-corrected chi connectivity index (χ3v) is 7.37. The van der Waals surface area contributed by atoms with E-state index in [9.17, 15) is 9.59 Å². The molecule has 0 aromatic heterocycles. The molecule has 2 aliphatic carbocycles. The number of amides is 2. The van der Waals surface area contributed by atoms with Crippen LogP contribution in [0.4, 0.5) is 5.69 Å². The quantitative estimate of drug-likeness (QED) is 0.712. The lowest BCUT2D eigenvalue weighted by Gasteiger charge is -2.29. The zero-order chi connectivity index (χ0) is 19.9. The maximum absolute atomic E-state index is 13.3. The van der Waals surface area contributed by atoms with Crippen molar-refractivity contribution in [3.8, 4) is 0 Å². The molecule has 0 spiro atoms. The second-order valence-electron chi connectivity index (χ2n) is 8.54. The average Bonchev–Trinajstić information content (AvgIpc) is 3.44. The minimum atomic E-state index is -0.308. The van der Waals surface area contributed by atoms with Gasteiger partial charge in [-0.1, -0.05) is 46.6 Å². The molecule has 2 aromatic rings. The van der Waals surface area contributed by atoms with E-state index in [1.54, 1.807) is 24.3 Å². The van der Waals surface area contributed by atoms with Gasteiger partial charge in [0, 0.05) is 16.9 Å². The van der Waals surface area contributed by atoms with Crippen LogP contribution in [0.2, 0.25) is 5.02 Å². The number of carbonyl (C=O) groups excluding carboxylic acids is 2. The molecule has 2 heterocycles. The van der Waals surface area contributed by atoms with Crippen molar-refractivity contribution in [2.75, 3.05) is 4.90 Å². The molecule has 2 saturated carbocycles. The van der Waals surface area contributed by atoms with Crippen LogP contribution in [0.15, 0.2) is 53.7 Å². The highest BCUT2D eigenvalue weighted by molar-refractivity contribution is 6.31. The molecule has 146 valence electrons. The standard InChI is InChI=1S/C23H19ClN2O3/c1-11-2-4-12(5-3-11)20-19-15-10-16(21(19)29-25-20)18-17(15)22(27)26(23(18)28)14-8-6-13(24)7-9-14/h2-9,15-19,21H,10H2,1H3. The Kier molecular flexibility index (Phi) is 3.52. The lowest BCUT2D eigenvalue weighted by molar-refractivity contribution is -0.125. The highest BCUT2D eigenvalue weighted by Gasteiger charge is 2.70. The highest BCUT2D eigenvalue weighted by atomic mass is 35.5. The molecule has 6 atom stereocenters. The number of benzene rings is 2. The zero-order valence-electron chi connectivity index (χ0n) is 15.8. The monoisotopic (exact) mass is 406 g/mol. The fourth-order valence-electron chi connectivity index (χ4n) is 5.93. The second kappa shape index (κ2) is 5.92. The van der Waals surface area contributed by atoms with E-state index >= 15 is 0 Å². The van der Waals surface area contributed by atoms with Crippen LogP contribution in [-0.4, -0.2) is 23.6 Å². The molecule has 1 saturated heterocycles. The van der Waals surface area contributed by atoms with Gasteiger partial charge in [-0.15, -0.1) is 0 Å². The Bertz CT molecular complexity index is 1060. The number of fused-ring (bicyclic) bond motifs is 8. The summed E-state index contributed by atoms with van der Waals surface area (Å²) in [5, 5.41) is 4.97. The first-order valence-corrected chi connectivity index (χ1v) is 10.4. The lowest BCUT2D eigenvalue weighted by atomic mass is 9.71. The fourth-order valence-corrected chi connectivity index (χ4v) is 6.06. The van der Waals surface area contributed by atoms with Gasteiger partial charge < -0.3 is 4.84 Å². The van der Waals surface area contributed by atoms with E-state index in [0.29, 0.717) is 10.7 Å². The number of nitrogens with zero attached hydrogens (tertiary/aromatic N) is 2. The Morgan fingerprint density at radius 1 is 0.931 bits per heavy atom. The third-order valence-electron chi connectivity index (χ3n) is 7.12. The molecule has 6 unspecified atom stereocenters. The Hall–Kier alpha value is -2.66. The van der Waals surface area contributed by atoms with E-state index < -0.39 is 0 Å². The third kappa shape index (κ3) is 2.25. The fraction of sp³-hybridized carbons (Fsp3) is 0.348. The number of hydrogen-bond acceptors (Lipinski definition) is 4. The van der Waals surface area contributed by atoms with Crippen LogP contribution >= 0.6 is 11.6 Å². The Morgan fingerprint density at radius 3 is 2.28 bits per heavy atom. The molecule has 2 amide bonds. The van der Waals surface area contributed by atoms with Gasteiger partial charge in [0.25, 0.3) is 0 Å². The molecular formula is C23H19ClN2O3. The predicted octanol–water partition coefficient (Wildman–Crippen LogP) is 3.82. The number of imide groups is 1. The van der Waals surface area contributed by atoms with Crippen molar-refractivity contribution in [3.05, 3.63) is 64.7 Å². The molecule has 6 rings (SSSR count). The summed E-state index contributed by atoms with van der Waals surface area (Å²) >= 11 is 5.97. The summed E-state index contributed by atoms with van der Waals surface area (Å²) in [7, 11) is 0. The molecule has 2 aromatic carbocycles. The average molecular weight is 407 g/mol. The second-order valence-corrected chi connectivity index (χ2v) is 8.98. The normalized spacial score (nSPS) is 34.3. The number of oxime groups is 1. The summed E-state index contributed by atoms with van der Waals surface area (Å²) in [6.45, 7) is 2.05. The highest BCUT2D eigenvalue weighted by Crippen LogP contribution is 2.62. The van der Waals surface area contributed by atoms with Crippen LogP contribution in [-0.2, 0) is 14.4 Å². The SMILES string of the molecule is Cc1ccc(C2=NOC3C4CC(C23)C2C(=O)N(c3ccc(Cl)cc3)C(=O)C42)cc1. The van der Waals surface area contributed by atoms with Crippen LogP contribution in [0.25, 0.3) is 0 Å². The van der Waals surface area contributed by atoms with Crippen LogP contribution in [0.3, 0.4) is 0 Å². The van der Waals surface area contributed by atoms with E-state index in [0.717, 1.165) is 17.7 Å². The molecule has 2 bridgehead atoms. The first kappa shape index (κ1) is 17.2. The number of aryl methyl sites for hydroxylation is 1. The smallest absolute Gasteiger partial charge is 0.238 e. The van der Waals surface area contributed by atoms with Crippen molar-refractivity contribution in [2.24, 2.45) is 34.7 Å². The van der Waals surface area contributed by atoms with Crippen molar-refractivity contribution < 1.29 is 14.4 Å².